The number of alkyl halides is 2. The van der Waals surface area contributed by atoms with Gasteiger partial charge in [0.2, 0.25) is 0 Å². The van der Waals surface area contributed by atoms with E-state index in [9.17, 15) is 32.6 Å². The van der Waals surface area contributed by atoms with Gasteiger partial charge in [0, 0.05) is 12.0 Å². The van der Waals surface area contributed by atoms with E-state index in [0.717, 1.165) is 36.4 Å². The minimum absolute atomic E-state index is 0. The van der Waals surface area contributed by atoms with Gasteiger partial charge in [0.05, 0.1) is 18.6 Å². The van der Waals surface area contributed by atoms with Crippen LogP contribution in [0.5, 0.6) is 0 Å². The van der Waals surface area contributed by atoms with Crippen molar-refractivity contribution in [1.29, 1.82) is 0 Å². The van der Waals surface area contributed by atoms with Crippen molar-refractivity contribution in [3.05, 3.63) is 89.0 Å². The van der Waals surface area contributed by atoms with Crippen LogP contribution < -0.4 is 0 Å². The summed E-state index contributed by atoms with van der Waals surface area (Å²) in [5.41, 5.74) is 0.00578. The molecule has 0 saturated heterocycles. The van der Waals surface area contributed by atoms with Gasteiger partial charge in [0.25, 0.3) is 6.43 Å². The number of halogens is 4. The molecule has 31 heavy (non-hydrogen) atoms. The van der Waals surface area contributed by atoms with Crippen LogP contribution in [-0.2, 0) is 4.79 Å². The van der Waals surface area contributed by atoms with Gasteiger partial charge in [-0.25, -0.2) is 17.6 Å². The number of hydrogen-bond acceptors (Lipinski definition) is 3. The van der Waals surface area contributed by atoms with Gasteiger partial charge < -0.3 is 15.3 Å². The molecule has 0 radical (unpaired) electrons. The summed E-state index contributed by atoms with van der Waals surface area (Å²) in [5, 5.41) is 28.2. The first kappa shape index (κ1) is 27.1. The summed E-state index contributed by atoms with van der Waals surface area (Å²) >= 11 is 0. The quantitative estimate of drug-likeness (QED) is 0.312. The van der Waals surface area contributed by atoms with Gasteiger partial charge in [0.15, 0.2) is 0 Å². The number of aliphatic hydroxyl groups is 2. The van der Waals surface area contributed by atoms with Crippen molar-refractivity contribution in [3.8, 4) is 0 Å². The van der Waals surface area contributed by atoms with E-state index in [0.29, 0.717) is 0 Å². The average molecular weight is 448 g/mol. The minimum atomic E-state index is -3.00. The van der Waals surface area contributed by atoms with E-state index < -0.39 is 48.2 Å². The van der Waals surface area contributed by atoms with Crippen LogP contribution in [0.25, 0.3) is 5.57 Å². The molecule has 0 aromatic heterocycles. The monoisotopic (exact) mass is 448 g/mol. The number of carbonyl (C=O) groups is 1. The Morgan fingerprint density at radius 3 is 1.74 bits per heavy atom. The zero-order valence-electron chi connectivity index (χ0n) is 15.7. The van der Waals surface area contributed by atoms with E-state index in [2.05, 4.69) is 0 Å². The van der Waals surface area contributed by atoms with Crippen molar-refractivity contribution in [2.45, 2.75) is 31.5 Å². The molecular weight excluding hydrogens is 427 g/mol. The van der Waals surface area contributed by atoms with Gasteiger partial charge in [-0.1, -0.05) is 36.4 Å². The molecule has 2 aromatic rings. The Morgan fingerprint density at radius 1 is 0.903 bits per heavy atom. The summed E-state index contributed by atoms with van der Waals surface area (Å²) in [6.07, 6.45) is -4.71. The fourth-order valence-electron chi connectivity index (χ4n) is 2.86. The molecule has 0 bridgehead atoms. The molecule has 9 heteroatoms. The number of carboxylic acid groups (broad SMARTS) is 1. The molecule has 0 heterocycles. The van der Waals surface area contributed by atoms with E-state index in [1.807, 2.05) is 0 Å². The van der Waals surface area contributed by atoms with E-state index in [-0.39, 0.29) is 52.7 Å². The van der Waals surface area contributed by atoms with Crippen molar-refractivity contribution in [2.75, 3.05) is 0 Å². The van der Waals surface area contributed by atoms with E-state index in [1.54, 1.807) is 0 Å². The Morgan fingerprint density at radius 2 is 1.35 bits per heavy atom. The van der Waals surface area contributed by atoms with Gasteiger partial charge in [-0.3, -0.25) is 4.79 Å². The van der Waals surface area contributed by atoms with Crippen LogP contribution in [0.1, 0.15) is 24.0 Å². The zero-order valence-corrected chi connectivity index (χ0v) is 15.7. The fraction of sp³-hybridized carbons (Fsp3) is 0.227. The molecule has 0 amide bonds. The molecule has 3 N–H and O–H groups in total. The Balaban J connectivity index is 0.00000480. The average Bonchev–Trinajstić information content (AvgIpc) is 2.66. The van der Waals surface area contributed by atoms with Gasteiger partial charge in [-0.2, -0.15) is 0 Å². The second kappa shape index (κ2) is 12.8. The molecular formula is C22H21F4NaO4. The number of benzene rings is 2. The van der Waals surface area contributed by atoms with Gasteiger partial charge in [-0.15, -0.1) is 0 Å². The van der Waals surface area contributed by atoms with Gasteiger partial charge in [-0.05, 0) is 41.0 Å². The van der Waals surface area contributed by atoms with Crippen LogP contribution >= 0.6 is 0 Å². The predicted molar refractivity (Wildman–Crippen MR) is 110 cm³/mol. The summed E-state index contributed by atoms with van der Waals surface area (Å²) < 4.78 is 54.4. The molecule has 0 spiro atoms. The molecule has 2 atom stereocenters. The Labute approximate surface area is 198 Å². The number of allylic oxidation sites excluding steroid dienone is 2. The standard InChI is InChI=1S/C22H20F4O4.Na.H/c23-15-5-1-13(2-6-15)21(14-3-7-16(24)8-4-14)19(22(25)26)10-9-17(27)11-18(28)12-20(29)30;;/h1-10,17-18,22,27-28H,11-12H2,(H,29,30);;/b10-9+;;. The second-order valence-electron chi connectivity index (χ2n) is 6.56. The zero-order chi connectivity index (χ0) is 22.3. The first-order chi connectivity index (χ1) is 14.2. The molecule has 0 aliphatic carbocycles. The fourth-order valence-corrected chi connectivity index (χ4v) is 2.86. The maximum atomic E-state index is 13.9. The summed E-state index contributed by atoms with van der Waals surface area (Å²) in [4.78, 5) is 10.6. The molecule has 2 unspecified atom stereocenters. The summed E-state index contributed by atoms with van der Waals surface area (Å²) in [6.45, 7) is 0. The van der Waals surface area contributed by atoms with E-state index in [1.165, 1.54) is 24.3 Å². The molecule has 162 valence electrons. The van der Waals surface area contributed by atoms with Crippen molar-refractivity contribution in [1.82, 2.24) is 0 Å². The van der Waals surface area contributed by atoms with Crippen LogP contribution in [-0.4, -0.2) is 69.5 Å². The predicted octanol–water partition coefficient (Wildman–Crippen LogP) is 3.53. The number of aliphatic hydroxyl groups excluding tert-OH is 2. The van der Waals surface area contributed by atoms with Crippen molar-refractivity contribution >= 4 is 41.1 Å². The molecule has 0 saturated carbocycles. The Kier molecular flexibility index (Phi) is 11.2. The number of carboxylic acids is 1. The van der Waals surface area contributed by atoms with Crippen LogP contribution in [0.4, 0.5) is 17.6 Å². The third-order valence-electron chi connectivity index (χ3n) is 4.21. The van der Waals surface area contributed by atoms with Crippen LogP contribution in [0.2, 0.25) is 0 Å². The molecule has 0 aliphatic heterocycles. The number of aliphatic carboxylic acids is 1. The Bertz CT molecular complexity index is 865. The van der Waals surface area contributed by atoms with Crippen LogP contribution in [0, 0.1) is 11.6 Å². The van der Waals surface area contributed by atoms with Crippen molar-refractivity contribution in [3.63, 3.8) is 0 Å². The first-order valence-corrected chi connectivity index (χ1v) is 8.97. The molecule has 0 fully saturated rings. The second-order valence-corrected chi connectivity index (χ2v) is 6.56. The third kappa shape index (κ3) is 8.59. The number of rotatable bonds is 9. The normalized spacial score (nSPS) is 13.0. The number of hydrogen-bond donors (Lipinski definition) is 3. The van der Waals surface area contributed by atoms with Gasteiger partial charge in [0.1, 0.15) is 11.6 Å². The third-order valence-corrected chi connectivity index (χ3v) is 4.21. The van der Waals surface area contributed by atoms with E-state index in [4.69, 9.17) is 5.11 Å². The Hall–Kier alpha value is -1.97. The van der Waals surface area contributed by atoms with Gasteiger partial charge >= 0.3 is 35.5 Å². The summed E-state index contributed by atoms with van der Waals surface area (Å²) in [7, 11) is 0. The molecule has 2 rings (SSSR count). The van der Waals surface area contributed by atoms with E-state index >= 15 is 0 Å². The van der Waals surface area contributed by atoms with Crippen molar-refractivity contribution < 1.29 is 37.7 Å². The maximum absolute atomic E-state index is 13.9. The van der Waals surface area contributed by atoms with Crippen molar-refractivity contribution in [2.24, 2.45) is 0 Å². The van der Waals surface area contributed by atoms with Crippen LogP contribution in [0.3, 0.4) is 0 Å². The van der Waals surface area contributed by atoms with Crippen LogP contribution in [0.15, 0.2) is 66.3 Å². The molecule has 2 aromatic carbocycles. The topological polar surface area (TPSA) is 77.8 Å². The molecule has 4 nitrogen and oxygen atoms in total. The summed E-state index contributed by atoms with van der Waals surface area (Å²) in [5.74, 6) is -2.38. The summed E-state index contributed by atoms with van der Waals surface area (Å²) in [6, 6.07) is 9.61. The SMILES string of the molecule is O=C(O)CC(O)CC(O)/C=C/C(=C(c1ccc(F)cc1)c1ccc(F)cc1)C(F)F.[NaH]. The molecule has 0 aliphatic rings. The first-order valence-electron chi connectivity index (χ1n) is 8.97.